The van der Waals surface area contributed by atoms with Crippen LogP contribution in [0, 0.1) is 0 Å². The van der Waals surface area contributed by atoms with Crippen molar-refractivity contribution in [2.45, 2.75) is 31.9 Å². The van der Waals surface area contributed by atoms with Crippen molar-refractivity contribution in [3.05, 3.63) is 5.53 Å². The van der Waals surface area contributed by atoms with E-state index in [-0.39, 0.29) is 19.4 Å². The fourth-order valence-electron chi connectivity index (χ4n) is 1.41. The van der Waals surface area contributed by atoms with Crippen molar-refractivity contribution < 1.29 is 28.6 Å². The van der Waals surface area contributed by atoms with E-state index in [1.54, 1.807) is 7.05 Å². The molecule has 9 nitrogen and oxygen atoms in total. The smallest absolute Gasteiger partial charge is 0.328 e. The Kier molecular flexibility index (Phi) is 10.5. The first kappa shape index (κ1) is 19.9. The van der Waals surface area contributed by atoms with Crippen molar-refractivity contribution in [3.63, 3.8) is 0 Å². The first-order chi connectivity index (χ1) is 10.5. The molecule has 1 amide bonds. The largest absolute Gasteiger partial charge is 0.463 e. The number of hydrogen-bond acceptors (Lipinski definition) is 6. The molecular weight excluding hydrogens is 292 g/mol. The summed E-state index contributed by atoms with van der Waals surface area (Å²) in [6.07, 6.45) is -0.0337. The highest BCUT2D eigenvalue weighted by Gasteiger charge is 2.25. The molecule has 0 heterocycles. The average molecular weight is 314 g/mol. The Morgan fingerprint density at radius 3 is 2.59 bits per heavy atom. The van der Waals surface area contributed by atoms with Crippen molar-refractivity contribution >= 4 is 23.9 Å². The van der Waals surface area contributed by atoms with Crippen molar-refractivity contribution in [3.8, 4) is 0 Å². The summed E-state index contributed by atoms with van der Waals surface area (Å²) in [5, 5.41) is 5.29. The minimum absolute atomic E-state index is 0.0331. The Bertz CT molecular complexity index is 434. The topological polar surface area (TPSA) is 130 Å². The van der Waals surface area contributed by atoms with E-state index >= 15 is 0 Å². The minimum Gasteiger partial charge on any atom is -0.463 e. The lowest BCUT2D eigenvalue weighted by Crippen LogP contribution is -2.46. The number of ketones is 1. The van der Waals surface area contributed by atoms with Gasteiger partial charge in [-0.15, -0.1) is 0 Å². The van der Waals surface area contributed by atoms with E-state index in [0.29, 0.717) is 6.54 Å². The summed E-state index contributed by atoms with van der Waals surface area (Å²) in [7, 11) is 3.08. The molecule has 0 saturated carbocycles. The van der Waals surface area contributed by atoms with E-state index in [2.05, 4.69) is 15.4 Å². The fourth-order valence-corrected chi connectivity index (χ4v) is 1.41. The number of hydrogen-bond donors (Lipinski definition) is 2. The number of likely N-dealkylation sites (N-methyl/N-ethyl adjacent to an activating group) is 1. The lowest BCUT2D eigenvalue weighted by atomic mass is 10.1. The minimum atomic E-state index is -0.974. The van der Waals surface area contributed by atoms with Crippen molar-refractivity contribution in [2.75, 3.05) is 27.3 Å². The van der Waals surface area contributed by atoms with E-state index in [1.165, 1.54) is 14.0 Å². The molecule has 0 aliphatic carbocycles. The molecule has 0 bridgehead atoms. The van der Waals surface area contributed by atoms with Gasteiger partial charge in [-0.3, -0.25) is 9.59 Å². The number of rotatable bonds is 11. The van der Waals surface area contributed by atoms with Crippen LogP contribution in [0.15, 0.2) is 0 Å². The number of ether oxygens (including phenoxy) is 2. The average Bonchev–Trinajstić information content (AvgIpc) is 2.50. The molecule has 0 fully saturated rings. The zero-order valence-electron chi connectivity index (χ0n) is 13.0. The summed E-state index contributed by atoms with van der Waals surface area (Å²) in [6, 6.07) is -0.974. The summed E-state index contributed by atoms with van der Waals surface area (Å²) >= 11 is 0. The Morgan fingerprint density at radius 1 is 1.36 bits per heavy atom. The highest BCUT2D eigenvalue weighted by molar-refractivity contribution is 6.25. The van der Waals surface area contributed by atoms with Gasteiger partial charge in [0.1, 0.15) is 18.8 Å². The molecule has 0 aromatic carbocycles. The van der Waals surface area contributed by atoms with E-state index < -0.39 is 29.8 Å². The molecule has 9 heteroatoms. The lowest BCUT2D eigenvalue weighted by Gasteiger charge is -2.19. The molecule has 0 radical (unpaired) electrons. The van der Waals surface area contributed by atoms with Gasteiger partial charge in [-0.1, -0.05) is 0 Å². The Hall–Kier alpha value is -2.09. The Balaban J connectivity index is 4.67. The van der Waals surface area contributed by atoms with Crippen LogP contribution in [0.4, 0.5) is 0 Å². The molecule has 124 valence electrons. The number of esters is 1. The molecule has 0 spiro atoms. The van der Waals surface area contributed by atoms with Gasteiger partial charge < -0.3 is 25.6 Å². The molecule has 0 aromatic rings. The molecule has 22 heavy (non-hydrogen) atoms. The zero-order valence-corrected chi connectivity index (χ0v) is 13.0. The van der Waals surface area contributed by atoms with Crippen molar-refractivity contribution in [1.82, 2.24) is 10.6 Å². The third kappa shape index (κ3) is 8.25. The van der Waals surface area contributed by atoms with E-state index in [1.807, 2.05) is 0 Å². The second-order valence-corrected chi connectivity index (χ2v) is 4.46. The normalized spacial score (nSPS) is 12.7. The van der Waals surface area contributed by atoms with E-state index in [4.69, 9.17) is 15.0 Å². The predicted octanol–water partition coefficient (Wildman–Crippen LogP) is -1.08. The summed E-state index contributed by atoms with van der Waals surface area (Å²) in [4.78, 5) is 37.6. The molecule has 0 saturated heterocycles. The zero-order chi connectivity index (χ0) is 17.0. The number of Topliss-reactive ketones (excluding diaryl/α,β-unsaturated/α-hetero) is 1. The van der Waals surface area contributed by atoms with E-state index in [9.17, 15) is 14.4 Å². The number of carbonyl (C=O) groups excluding carboxylic acids is 3. The monoisotopic (exact) mass is 314 g/mol. The molecule has 0 aliphatic heterocycles. The molecule has 0 unspecified atom stereocenters. The van der Waals surface area contributed by atoms with Crippen LogP contribution in [-0.2, 0) is 23.9 Å². The van der Waals surface area contributed by atoms with Crippen LogP contribution < -0.4 is 10.6 Å². The standard InChI is InChI=1S/C13H22N4O5/c1-9(21-3)12(19)17-11(5-4-10(18)8-16-14)13(20)22-7-6-15-2/h8-9,11,15H,4-7H2,1-3H3,(H,17,19)/t9-,11-/m0/s1. The quantitative estimate of drug-likeness (QED) is 0.164. The van der Waals surface area contributed by atoms with Gasteiger partial charge in [0.05, 0.1) is 0 Å². The van der Waals surface area contributed by atoms with Gasteiger partial charge in [-0.05, 0) is 20.4 Å². The molecular formula is C13H22N4O5. The maximum absolute atomic E-state index is 11.9. The molecule has 0 aromatic heterocycles. The van der Waals surface area contributed by atoms with Gasteiger partial charge in [0, 0.05) is 20.1 Å². The predicted molar refractivity (Wildman–Crippen MR) is 77.2 cm³/mol. The number of carbonyl (C=O) groups is 3. The summed E-state index contributed by atoms with van der Waals surface area (Å²) in [6.45, 7) is 2.15. The Morgan fingerprint density at radius 2 is 2.05 bits per heavy atom. The number of nitrogens with zero attached hydrogens (tertiary/aromatic N) is 2. The van der Waals surface area contributed by atoms with Crippen LogP contribution in [0.25, 0.3) is 5.53 Å². The van der Waals surface area contributed by atoms with Gasteiger partial charge in [0.25, 0.3) is 0 Å². The molecule has 2 atom stereocenters. The third-order valence-electron chi connectivity index (χ3n) is 2.80. The van der Waals surface area contributed by atoms with E-state index in [0.717, 1.165) is 6.21 Å². The first-order valence-corrected chi connectivity index (χ1v) is 6.80. The highest BCUT2D eigenvalue weighted by atomic mass is 16.5. The van der Waals surface area contributed by atoms with Crippen LogP contribution >= 0.6 is 0 Å². The van der Waals surface area contributed by atoms with Crippen molar-refractivity contribution in [2.24, 2.45) is 0 Å². The summed E-state index contributed by atoms with van der Waals surface area (Å²) in [5.41, 5.74) is 8.27. The SMILES string of the molecule is CNCCOC(=O)[C@H](CCC(=O)C=[N+]=[N-])NC(=O)[C@H](C)OC. The van der Waals surface area contributed by atoms with Gasteiger partial charge in [-0.25, -0.2) is 4.79 Å². The van der Waals surface area contributed by atoms with Crippen LogP contribution in [0.1, 0.15) is 19.8 Å². The second kappa shape index (κ2) is 11.6. The molecule has 0 rings (SSSR count). The van der Waals surface area contributed by atoms with Crippen LogP contribution in [0.5, 0.6) is 0 Å². The Labute approximate surface area is 129 Å². The van der Waals surface area contributed by atoms with Crippen LogP contribution in [0.2, 0.25) is 0 Å². The maximum Gasteiger partial charge on any atom is 0.328 e. The second-order valence-electron chi connectivity index (χ2n) is 4.46. The fraction of sp³-hybridized carbons (Fsp3) is 0.692. The van der Waals surface area contributed by atoms with Gasteiger partial charge in [0.2, 0.25) is 11.7 Å². The van der Waals surface area contributed by atoms with Crippen LogP contribution in [0.3, 0.4) is 0 Å². The summed E-state index contributed by atoms with van der Waals surface area (Å²) < 4.78 is 9.86. The van der Waals surface area contributed by atoms with Gasteiger partial charge in [-0.2, -0.15) is 4.79 Å². The van der Waals surface area contributed by atoms with Gasteiger partial charge in [0.15, 0.2) is 0 Å². The van der Waals surface area contributed by atoms with Gasteiger partial charge >= 0.3 is 12.2 Å². The molecule has 0 aliphatic rings. The first-order valence-electron chi connectivity index (χ1n) is 6.80. The maximum atomic E-state index is 11.9. The van der Waals surface area contributed by atoms with Crippen LogP contribution in [-0.4, -0.2) is 68.1 Å². The molecule has 2 N–H and O–H groups in total. The number of methoxy groups -OCH3 is 1. The highest BCUT2D eigenvalue weighted by Crippen LogP contribution is 2.02. The number of nitrogens with one attached hydrogen (secondary N) is 2. The summed E-state index contributed by atoms with van der Waals surface area (Å²) in [5.74, 6) is -1.59. The lowest BCUT2D eigenvalue weighted by molar-refractivity contribution is -0.149. The third-order valence-corrected chi connectivity index (χ3v) is 2.80. The van der Waals surface area contributed by atoms with Crippen molar-refractivity contribution in [1.29, 1.82) is 0 Å². The number of amides is 1.